The number of carbonyl (C=O) groups is 1. The third-order valence-electron chi connectivity index (χ3n) is 2.03. The Bertz CT molecular complexity index is 508. The van der Waals surface area contributed by atoms with Crippen LogP contribution >= 0.6 is 70.5 Å². The van der Waals surface area contributed by atoms with Crippen LogP contribution in [0.1, 0.15) is 20.8 Å². The lowest BCUT2D eigenvalue weighted by Gasteiger charge is -1.97. The fourth-order valence-corrected chi connectivity index (χ4v) is 5.79. The van der Waals surface area contributed by atoms with Crippen LogP contribution in [-0.4, -0.2) is 5.78 Å². The number of rotatable bonds is 2. The Balaban J connectivity index is 2.46. The lowest BCUT2D eigenvalue weighted by molar-refractivity contribution is 0.103. The van der Waals surface area contributed by atoms with Crippen LogP contribution in [0.25, 0.3) is 0 Å². The third kappa shape index (κ3) is 2.51. The number of ketones is 1. The molecule has 2 aromatic rings. The molecule has 2 rings (SSSR count). The topological polar surface area (TPSA) is 17.1 Å². The minimum atomic E-state index is 0.0632. The minimum Gasteiger partial charge on any atom is -0.288 e. The van der Waals surface area contributed by atoms with Gasteiger partial charge in [0.25, 0.3) is 0 Å². The smallest absolute Gasteiger partial charge is 0.196 e. The van der Waals surface area contributed by atoms with Crippen molar-refractivity contribution < 1.29 is 4.79 Å². The molecule has 1 nitrogen and oxygen atoms in total. The predicted molar refractivity (Wildman–Crippen MR) is 79.9 cm³/mol. The summed E-state index contributed by atoms with van der Waals surface area (Å²) in [6, 6.07) is 3.72. The molecule has 6 heteroatoms. The van der Waals surface area contributed by atoms with Crippen LogP contribution in [0.5, 0.6) is 0 Å². The average Bonchev–Trinajstić information content (AvgIpc) is 2.68. The molecule has 0 fully saturated rings. The highest BCUT2D eigenvalue weighted by molar-refractivity contribution is 9.12. The maximum Gasteiger partial charge on any atom is 0.196 e. The molecule has 0 unspecified atom stereocenters. The number of aryl methyl sites for hydroxylation is 1. The summed E-state index contributed by atoms with van der Waals surface area (Å²) in [6.45, 7) is 1.96. The van der Waals surface area contributed by atoms with Crippen LogP contribution in [0, 0.1) is 6.92 Å². The summed E-state index contributed by atoms with van der Waals surface area (Å²) in [5.41, 5.74) is 1.48. The first-order valence-corrected chi connectivity index (χ1v) is 8.25. The Morgan fingerprint density at radius 3 is 2.06 bits per heavy atom. The summed E-state index contributed by atoms with van der Waals surface area (Å²) >= 11 is 13.3. The molecule has 0 spiro atoms. The summed E-state index contributed by atoms with van der Waals surface area (Å²) in [5.74, 6) is 0.0632. The monoisotopic (exact) mass is 442 g/mol. The molecule has 0 aliphatic rings. The van der Waals surface area contributed by atoms with E-state index in [1.807, 2.05) is 19.1 Å². The molecular formula is C10H5Br3OS2. The van der Waals surface area contributed by atoms with Gasteiger partial charge in [0.1, 0.15) is 0 Å². The van der Waals surface area contributed by atoms with E-state index in [4.69, 9.17) is 0 Å². The van der Waals surface area contributed by atoms with Gasteiger partial charge < -0.3 is 0 Å². The minimum absolute atomic E-state index is 0.0632. The molecule has 16 heavy (non-hydrogen) atoms. The van der Waals surface area contributed by atoms with Gasteiger partial charge in [-0.15, -0.1) is 22.7 Å². The number of thiophene rings is 2. The van der Waals surface area contributed by atoms with Gasteiger partial charge in [-0.1, -0.05) is 0 Å². The fourth-order valence-electron chi connectivity index (χ4n) is 1.31. The van der Waals surface area contributed by atoms with Gasteiger partial charge in [0.2, 0.25) is 0 Å². The zero-order valence-electron chi connectivity index (χ0n) is 8.01. The standard InChI is InChI=1S/C10H5Br3OS2/c1-4-5(2-7(11)15-4)9(14)6-3-8(12)16-10(6)13/h2-3H,1H3. The molecule has 0 radical (unpaired) electrons. The van der Waals surface area contributed by atoms with Gasteiger partial charge in [0.15, 0.2) is 5.78 Å². The van der Waals surface area contributed by atoms with Crippen molar-refractivity contribution in [3.63, 3.8) is 0 Å². The first-order chi connectivity index (χ1) is 7.49. The van der Waals surface area contributed by atoms with E-state index < -0.39 is 0 Å². The first-order valence-electron chi connectivity index (χ1n) is 4.24. The largest absolute Gasteiger partial charge is 0.288 e. The highest BCUT2D eigenvalue weighted by Crippen LogP contribution is 2.35. The zero-order chi connectivity index (χ0) is 11.9. The van der Waals surface area contributed by atoms with Crippen LogP contribution in [-0.2, 0) is 0 Å². The fraction of sp³-hybridized carbons (Fsp3) is 0.100. The van der Waals surface area contributed by atoms with E-state index in [9.17, 15) is 4.79 Å². The molecule has 0 N–H and O–H groups in total. The molecule has 84 valence electrons. The first kappa shape index (κ1) is 13.0. The molecule has 0 saturated carbocycles. The van der Waals surface area contributed by atoms with Crippen molar-refractivity contribution >= 4 is 76.2 Å². The Labute approximate surface area is 126 Å². The molecule has 0 saturated heterocycles. The van der Waals surface area contributed by atoms with Crippen LogP contribution in [0.2, 0.25) is 0 Å². The Morgan fingerprint density at radius 2 is 1.62 bits per heavy atom. The van der Waals surface area contributed by atoms with Gasteiger partial charge in [-0.25, -0.2) is 0 Å². The number of hydrogen-bond donors (Lipinski definition) is 0. The second kappa shape index (κ2) is 5.02. The lowest BCUT2D eigenvalue weighted by atomic mass is 10.1. The Morgan fingerprint density at radius 1 is 1.06 bits per heavy atom. The van der Waals surface area contributed by atoms with Gasteiger partial charge in [-0.3, -0.25) is 4.79 Å². The summed E-state index contributed by atoms with van der Waals surface area (Å²) in [5, 5.41) is 0. The van der Waals surface area contributed by atoms with Crippen molar-refractivity contribution in [2.75, 3.05) is 0 Å². The second-order valence-corrected chi connectivity index (χ2v) is 9.47. The number of hydrogen-bond acceptors (Lipinski definition) is 3. The molecule has 0 amide bonds. The maximum atomic E-state index is 12.3. The SMILES string of the molecule is Cc1sc(Br)cc1C(=O)c1cc(Br)sc1Br. The lowest BCUT2D eigenvalue weighted by Crippen LogP contribution is -2.00. The molecular weight excluding hydrogens is 440 g/mol. The second-order valence-electron chi connectivity index (χ2n) is 3.09. The summed E-state index contributed by atoms with van der Waals surface area (Å²) in [6.07, 6.45) is 0. The van der Waals surface area contributed by atoms with E-state index in [-0.39, 0.29) is 5.78 Å². The van der Waals surface area contributed by atoms with Crippen LogP contribution in [0.3, 0.4) is 0 Å². The Hall–Kier alpha value is 0.510. The van der Waals surface area contributed by atoms with E-state index in [1.54, 1.807) is 11.3 Å². The van der Waals surface area contributed by atoms with E-state index in [0.29, 0.717) is 5.56 Å². The van der Waals surface area contributed by atoms with Crippen molar-refractivity contribution in [1.29, 1.82) is 0 Å². The molecule has 0 atom stereocenters. The van der Waals surface area contributed by atoms with Crippen molar-refractivity contribution in [3.8, 4) is 0 Å². The highest BCUT2D eigenvalue weighted by atomic mass is 79.9. The summed E-state index contributed by atoms with van der Waals surface area (Å²) < 4.78 is 2.81. The number of halogens is 3. The van der Waals surface area contributed by atoms with Gasteiger partial charge in [0, 0.05) is 16.0 Å². The Kier molecular flexibility index (Phi) is 4.06. The highest BCUT2D eigenvalue weighted by Gasteiger charge is 2.19. The maximum absolute atomic E-state index is 12.3. The normalized spacial score (nSPS) is 10.8. The van der Waals surface area contributed by atoms with Crippen molar-refractivity contribution in [1.82, 2.24) is 0 Å². The van der Waals surface area contributed by atoms with Crippen molar-refractivity contribution in [2.24, 2.45) is 0 Å². The molecule has 0 aliphatic carbocycles. The van der Waals surface area contributed by atoms with Crippen molar-refractivity contribution in [2.45, 2.75) is 6.92 Å². The summed E-state index contributed by atoms with van der Waals surface area (Å²) in [4.78, 5) is 13.3. The third-order valence-corrected chi connectivity index (χ3v) is 5.93. The van der Waals surface area contributed by atoms with E-state index in [0.717, 1.165) is 21.8 Å². The molecule has 0 aliphatic heterocycles. The van der Waals surface area contributed by atoms with E-state index in [2.05, 4.69) is 47.8 Å². The van der Waals surface area contributed by atoms with E-state index in [1.165, 1.54) is 11.3 Å². The summed E-state index contributed by atoms with van der Waals surface area (Å²) in [7, 11) is 0. The molecule has 0 aromatic carbocycles. The van der Waals surface area contributed by atoms with Gasteiger partial charge in [-0.2, -0.15) is 0 Å². The molecule has 2 heterocycles. The van der Waals surface area contributed by atoms with Crippen LogP contribution < -0.4 is 0 Å². The average molecular weight is 445 g/mol. The molecule has 0 bridgehead atoms. The molecule has 2 aromatic heterocycles. The van der Waals surface area contributed by atoms with E-state index >= 15 is 0 Å². The van der Waals surface area contributed by atoms with Gasteiger partial charge >= 0.3 is 0 Å². The predicted octanol–water partition coefficient (Wildman–Crippen LogP) is 5.64. The van der Waals surface area contributed by atoms with Gasteiger partial charge in [-0.05, 0) is 66.8 Å². The van der Waals surface area contributed by atoms with Gasteiger partial charge in [0.05, 0.1) is 11.4 Å². The van der Waals surface area contributed by atoms with Crippen LogP contribution in [0.4, 0.5) is 0 Å². The zero-order valence-corrected chi connectivity index (χ0v) is 14.4. The van der Waals surface area contributed by atoms with Crippen LogP contribution in [0.15, 0.2) is 23.5 Å². The number of carbonyl (C=O) groups excluding carboxylic acids is 1. The quantitative estimate of drug-likeness (QED) is 0.548. The van der Waals surface area contributed by atoms with Crippen molar-refractivity contribution in [3.05, 3.63) is 39.5 Å².